The Morgan fingerprint density at radius 1 is 0.822 bits per heavy atom. The summed E-state index contributed by atoms with van der Waals surface area (Å²) in [7, 11) is -4.20. The number of carbonyl (C=O) groups is 2. The first-order valence-electron chi connectivity index (χ1n) is 14.7. The van der Waals surface area contributed by atoms with Crippen molar-refractivity contribution in [3.05, 3.63) is 129 Å². The first kappa shape index (κ1) is 34.0. The molecule has 0 aliphatic heterocycles. The molecule has 1 atom stereocenters. The van der Waals surface area contributed by atoms with Crippen LogP contribution in [0.2, 0.25) is 10.0 Å². The van der Waals surface area contributed by atoms with Gasteiger partial charge in [0.2, 0.25) is 11.8 Å². The van der Waals surface area contributed by atoms with E-state index in [0.717, 1.165) is 15.4 Å². The monoisotopic (exact) mass is 665 g/mol. The van der Waals surface area contributed by atoms with Crippen molar-refractivity contribution in [3.63, 3.8) is 0 Å². The number of anilines is 1. The molecule has 0 fully saturated rings. The highest BCUT2D eigenvalue weighted by Gasteiger charge is 2.35. The van der Waals surface area contributed by atoms with E-state index in [1.807, 2.05) is 57.2 Å². The van der Waals surface area contributed by atoms with E-state index in [9.17, 15) is 18.0 Å². The third-order valence-corrected chi connectivity index (χ3v) is 10.1. The predicted molar refractivity (Wildman–Crippen MR) is 181 cm³/mol. The van der Waals surface area contributed by atoms with Crippen LogP contribution in [-0.4, -0.2) is 44.3 Å². The van der Waals surface area contributed by atoms with Gasteiger partial charge < -0.3 is 10.2 Å². The first-order chi connectivity index (χ1) is 21.5. The summed E-state index contributed by atoms with van der Waals surface area (Å²) >= 11 is 13.1. The van der Waals surface area contributed by atoms with E-state index in [1.54, 1.807) is 48.5 Å². The Labute approximate surface area is 275 Å². The second-order valence-electron chi connectivity index (χ2n) is 10.8. The van der Waals surface area contributed by atoms with Crippen LogP contribution in [0, 0.1) is 13.8 Å². The Morgan fingerprint density at radius 2 is 1.42 bits per heavy atom. The summed E-state index contributed by atoms with van der Waals surface area (Å²) in [6.07, 6.45) is 0.892. The van der Waals surface area contributed by atoms with Crippen molar-refractivity contribution in [1.29, 1.82) is 0 Å². The van der Waals surface area contributed by atoms with E-state index in [4.69, 9.17) is 23.2 Å². The van der Waals surface area contributed by atoms with E-state index in [0.29, 0.717) is 39.8 Å². The summed E-state index contributed by atoms with van der Waals surface area (Å²) in [4.78, 5) is 29.8. The average Bonchev–Trinajstić information content (AvgIpc) is 3.03. The molecule has 7 nitrogen and oxygen atoms in total. The molecule has 1 N–H and O–H groups in total. The van der Waals surface area contributed by atoms with Gasteiger partial charge in [0, 0.05) is 35.1 Å². The van der Waals surface area contributed by atoms with Crippen LogP contribution >= 0.6 is 23.2 Å². The summed E-state index contributed by atoms with van der Waals surface area (Å²) in [5, 5.41) is 3.59. The van der Waals surface area contributed by atoms with Gasteiger partial charge in [-0.25, -0.2) is 8.42 Å². The number of hydrogen-bond donors (Lipinski definition) is 1. The molecule has 0 radical (unpaired) electrons. The number of amides is 2. The maximum atomic E-state index is 14.6. The SMILES string of the molecule is CCCNC(=O)[C@@H](Cc1ccccc1)N(Cc1c(Cl)cccc1Cl)C(=O)CN(c1cccc(C)c1C)S(=O)(=O)c1ccccc1. The number of aryl methyl sites for hydroxylation is 1. The Bertz CT molecular complexity index is 1710. The fraction of sp³-hybridized carbons (Fsp3) is 0.257. The lowest BCUT2D eigenvalue weighted by atomic mass is 10.0. The molecule has 45 heavy (non-hydrogen) atoms. The fourth-order valence-corrected chi connectivity index (χ4v) is 7.02. The van der Waals surface area contributed by atoms with Gasteiger partial charge in [0.15, 0.2) is 0 Å². The van der Waals surface area contributed by atoms with Crippen molar-refractivity contribution in [1.82, 2.24) is 10.2 Å². The number of rotatable bonds is 13. The zero-order valence-electron chi connectivity index (χ0n) is 25.5. The third kappa shape index (κ3) is 8.25. The Hall–Kier alpha value is -3.85. The van der Waals surface area contributed by atoms with Gasteiger partial charge in [-0.05, 0) is 67.3 Å². The highest BCUT2D eigenvalue weighted by molar-refractivity contribution is 7.92. The van der Waals surface area contributed by atoms with Crippen LogP contribution in [-0.2, 0) is 32.6 Å². The predicted octanol–water partition coefficient (Wildman–Crippen LogP) is 6.97. The minimum Gasteiger partial charge on any atom is -0.354 e. The van der Waals surface area contributed by atoms with Crippen LogP contribution in [0.15, 0.2) is 102 Å². The largest absolute Gasteiger partial charge is 0.354 e. The molecule has 4 aromatic carbocycles. The van der Waals surface area contributed by atoms with Gasteiger partial charge >= 0.3 is 0 Å². The van der Waals surface area contributed by atoms with Gasteiger partial charge in [-0.1, -0.05) is 96.9 Å². The van der Waals surface area contributed by atoms with Crippen LogP contribution < -0.4 is 9.62 Å². The van der Waals surface area contributed by atoms with Crippen molar-refractivity contribution in [3.8, 4) is 0 Å². The van der Waals surface area contributed by atoms with E-state index in [-0.39, 0.29) is 23.8 Å². The highest BCUT2D eigenvalue weighted by atomic mass is 35.5. The van der Waals surface area contributed by atoms with Crippen LogP contribution in [0.3, 0.4) is 0 Å². The first-order valence-corrected chi connectivity index (χ1v) is 16.9. The fourth-order valence-electron chi connectivity index (χ4n) is 5.01. The maximum absolute atomic E-state index is 14.6. The molecular weight excluding hydrogens is 629 g/mol. The Kier molecular flexibility index (Phi) is 11.7. The number of sulfonamides is 1. The maximum Gasteiger partial charge on any atom is 0.264 e. The average molecular weight is 667 g/mol. The number of nitrogens with zero attached hydrogens (tertiary/aromatic N) is 2. The molecule has 0 bridgehead atoms. The molecule has 236 valence electrons. The molecule has 0 heterocycles. The molecule has 0 saturated carbocycles. The number of hydrogen-bond acceptors (Lipinski definition) is 4. The molecule has 10 heteroatoms. The number of halogens is 2. The van der Waals surface area contributed by atoms with Crippen molar-refractivity contribution in [2.45, 2.75) is 51.1 Å². The second-order valence-corrected chi connectivity index (χ2v) is 13.4. The number of carbonyl (C=O) groups excluding carboxylic acids is 2. The van der Waals surface area contributed by atoms with Crippen molar-refractivity contribution in [2.75, 3.05) is 17.4 Å². The molecule has 0 aliphatic carbocycles. The van der Waals surface area contributed by atoms with Gasteiger partial charge in [-0.2, -0.15) is 0 Å². The lowest BCUT2D eigenvalue weighted by Gasteiger charge is -2.34. The molecule has 0 saturated heterocycles. The van der Waals surface area contributed by atoms with Crippen LogP contribution in [0.1, 0.15) is 35.6 Å². The number of benzene rings is 4. The third-order valence-electron chi connectivity index (χ3n) is 7.67. The van der Waals surface area contributed by atoms with E-state index >= 15 is 0 Å². The molecular formula is C35H37Cl2N3O4S. The minimum atomic E-state index is -4.20. The molecule has 4 aromatic rings. The minimum absolute atomic E-state index is 0.0425. The highest BCUT2D eigenvalue weighted by Crippen LogP contribution is 2.31. The van der Waals surface area contributed by atoms with Crippen molar-refractivity contribution < 1.29 is 18.0 Å². The quantitative estimate of drug-likeness (QED) is 0.167. The molecule has 0 spiro atoms. The van der Waals surface area contributed by atoms with Crippen molar-refractivity contribution in [2.24, 2.45) is 0 Å². The molecule has 4 rings (SSSR count). The Balaban J connectivity index is 1.85. The summed E-state index contributed by atoms with van der Waals surface area (Å²) in [6, 6.07) is 26.7. The van der Waals surface area contributed by atoms with E-state index < -0.39 is 28.5 Å². The standard InChI is InChI=1S/C35H37Cl2N3O4S/c1-4-21-38-35(42)33(22-27-14-7-5-8-15-27)39(23-29-30(36)18-12-19-31(29)37)34(41)24-40(32-20-11-13-25(2)26(32)3)45(43,44)28-16-9-6-10-17-28/h5-20,33H,4,21-24H2,1-3H3,(H,38,42)/t33-/m1/s1. The normalized spacial score (nSPS) is 11.9. The summed E-state index contributed by atoms with van der Waals surface area (Å²) in [5.41, 5.74) is 3.25. The van der Waals surface area contributed by atoms with Crippen LogP contribution in [0.4, 0.5) is 5.69 Å². The zero-order valence-corrected chi connectivity index (χ0v) is 27.9. The molecule has 0 aliphatic rings. The van der Waals surface area contributed by atoms with E-state index in [2.05, 4.69) is 5.32 Å². The lowest BCUT2D eigenvalue weighted by molar-refractivity contribution is -0.140. The molecule has 0 unspecified atom stereocenters. The number of nitrogens with one attached hydrogen (secondary N) is 1. The van der Waals surface area contributed by atoms with Crippen LogP contribution in [0.5, 0.6) is 0 Å². The van der Waals surface area contributed by atoms with Crippen LogP contribution in [0.25, 0.3) is 0 Å². The smallest absolute Gasteiger partial charge is 0.264 e. The van der Waals surface area contributed by atoms with Gasteiger partial charge in [0.05, 0.1) is 10.6 Å². The van der Waals surface area contributed by atoms with Gasteiger partial charge in [0.1, 0.15) is 12.6 Å². The summed E-state index contributed by atoms with van der Waals surface area (Å²) in [6.45, 7) is 5.38. The summed E-state index contributed by atoms with van der Waals surface area (Å²) < 4.78 is 29.5. The van der Waals surface area contributed by atoms with Gasteiger partial charge in [-0.15, -0.1) is 0 Å². The molecule has 2 amide bonds. The van der Waals surface area contributed by atoms with E-state index in [1.165, 1.54) is 17.0 Å². The molecule has 0 aromatic heterocycles. The van der Waals surface area contributed by atoms with Crippen molar-refractivity contribution >= 4 is 50.7 Å². The van der Waals surface area contributed by atoms with Gasteiger partial charge in [0.25, 0.3) is 10.0 Å². The Morgan fingerprint density at radius 3 is 2.04 bits per heavy atom. The summed E-state index contributed by atoms with van der Waals surface area (Å²) in [5.74, 6) is -0.944. The lowest BCUT2D eigenvalue weighted by Crippen LogP contribution is -2.53. The second kappa shape index (κ2) is 15.4. The topological polar surface area (TPSA) is 86.8 Å². The zero-order chi connectivity index (χ0) is 32.6. The van der Waals surface area contributed by atoms with Gasteiger partial charge in [-0.3, -0.25) is 13.9 Å².